The Kier molecular flexibility index (Phi) is 6.06. The van der Waals surface area contributed by atoms with Gasteiger partial charge >= 0.3 is 0 Å². The van der Waals surface area contributed by atoms with Gasteiger partial charge in [-0.1, -0.05) is 0 Å². The molecule has 2 N–H and O–H groups in total. The second-order valence-corrected chi connectivity index (χ2v) is 6.59. The van der Waals surface area contributed by atoms with Crippen LogP contribution in [0.2, 0.25) is 0 Å². The van der Waals surface area contributed by atoms with Crippen LogP contribution in [0.5, 0.6) is 0 Å². The number of aryl methyl sites for hydroxylation is 1. The molecule has 2 aromatic heterocycles. The summed E-state index contributed by atoms with van der Waals surface area (Å²) in [6, 6.07) is 7.84. The Balaban J connectivity index is 1.38. The van der Waals surface area contributed by atoms with Gasteiger partial charge in [0.1, 0.15) is 11.6 Å². The molecule has 3 heterocycles. The maximum Gasteiger partial charge on any atom is 0.224 e. The van der Waals surface area contributed by atoms with Crippen LogP contribution >= 0.6 is 0 Å². The Labute approximate surface area is 148 Å². The number of anilines is 1. The first-order valence-electron chi connectivity index (χ1n) is 8.89. The molecule has 3 rings (SSSR count). The van der Waals surface area contributed by atoms with E-state index in [0.717, 1.165) is 44.1 Å². The van der Waals surface area contributed by atoms with E-state index in [1.54, 1.807) is 12.5 Å². The molecular formula is C19H26N4O2. The average molecular weight is 342 g/mol. The van der Waals surface area contributed by atoms with Gasteiger partial charge in [-0.3, -0.25) is 9.69 Å². The number of likely N-dealkylation sites (tertiary alicyclic amines) is 1. The first-order valence-corrected chi connectivity index (χ1v) is 8.89. The maximum absolute atomic E-state index is 12.4. The second-order valence-electron chi connectivity index (χ2n) is 6.59. The van der Waals surface area contributed by atoms with E-state index in [4.69, 9.17) is 4.42 Å². The van der Waals surface area contributed by atoms with Gasteiger partial charge in [0.05, 0.1) is 18.7 Å². The molecule has 0 aliphatic carbocycles. The summed E-state index contributed by atoms with van der Waals surface area (Å²) in [5.74, 6) is 2.00. The summed E-state index contributed by atoms with van der Waals surface area (Å²) < 4.78 is 5.41. The van der Waals surface area contributed by atoms with Crippen molar-refractivity contribution < 1.29 is 9.21 Å². The predicted molar refractivity (Wildman–Crippen MR) is 97.2 cm³/mol. The van der Waals surface area contributed by atoms with Crippen LogP contribution in [0.4, 0.5) is 5.82 Å². The minimum Gasteiger partial charge on any atom is -0.468 e. The molecule has 1 fully saturated rings. The van der Waals surface area contributed by atoms with Crippen LogP contribution in [0.1, 0.15) is 24.2 Å². The van der Waals surface area contributed by atoms with Gasteiger partial charge in [-0.25, -0.2) is 4.98 Å². The van der Waals surface area contributed by atoms with E-state index < -0.39 is 0 Å². The van der Waals surface area contributed by atoms with Crippen LogP contribution in [0, 0.1) is 12.8 Å². The Morgan fingerprint density at radius 3 is 3.12 bits per heavy atom. The molecule has 134 valence electrons. The highest BCUT2D eigenvalue weighted by atomic mass is 16.3. The number of rotatable bonds is 7. The van der Waals surface area contributed by atoms with Crippen molar-refractivity contribution in [2.24, 2.45) is 5.92 Å². The zero-order chi connectivity index (χ0) is 17.5. The largest absolute Gasteiger partial charge is 0.468 e. The standard InChI is InChI=1S/C19H26N4O2/c1-15-6-7-20-18(12-15)21-8-9-22-19(24)16-4-2-10-23(13-16)14-17-5-3-11-25-17/h3,5-7,11-12,16H,2,4,8-10,13-14H2,1H3,(H,20,21)(H,22,24)/t16-/m0/s1. The molecule has 1 atom stereocenters. The molecule has 0 bridgehead atoms. The summed E-state index contributed by atoms with van der Waals surface area (Å²) in [4.78, 5) is 19.0. The van der Waals surface area contributed by atoms with Crippen LogP contribution in [0.25, 0.3) is 0 Å². The lowest BCUT2D eigenvalue weighted by molar-refractivity contribution is -0.126. The van der Waals surface area contributed by atoms with Crippen molar-refractivity contribution in [3.05, 3.63) is 48.0 Å². The lowest BCUT2D eigenvalue weighted by Crippen LogP contribution is -2.43. The van der Waals surface area contributed by atoms with E-state index in [1.165, 1.54) is 5.56 Å². The number of piperidine rings is 1. The van der Waals surface area contributed by atoms with Gasteiger partial charge in [-0.15, -0.1) is 0 Å². The van der Waals surface area contributed by atoms with Crippen molar-refractivity contribution in [1.29, 1.82) is 0 Å². The van der Waals surface area contributed by atoms with Gasteiger partial charge in [-0.05, 0) is 56.1 Å². The minimum atomic E-state index is 0.0563. The number of hydrogen-bond donors (Lipinski definition) is 2. The van der Waals surface area contributed by atoms with Crippen molar-refractivity contribution >= 4 is 11.7 Å². The molecule has 0 radical (unpaired) electrons. The molecule has 6 heteroatoms. The Morgan fingerprint density at radius 2 is 2.32 bits per heavy atom. The number of furan rings is 1. The summed E-state index contributed by atoms with van der Waals surface area (Å²) in [5, 5.41) is 6.27. The summed E-state index contributed by atoms with van der Waals surface area (Å²) in [6.45, 7) is 5.89. The highest BCUT2D eigenvalue weighted by molar-refractivity contribution is 5.79. The third kappa shape index (κ3) is 5.32. The molecule has 0 spiro atoms. The lowest BCUT2D eigenvalue weighted by Gasteiger charge is -2.31. The number of carbonyl (C=O) groups is 1. The molecule has 2 aromatic rings. The first-order chi connectivity index (χ1) is 12.2. The van der Waals surface area contributed by atoms with Gasteiger partial charge in [0, 0.05) is 25.8 Å². The zero-order valence-electron chi connectivity index (χ0n) is 14.7. The highest BCUT2D eigenvalue weighted by Crippen LogP contribution is 2.19. The summed E-state index contributed by atoms with van der Waals surface area (Å²) in [6.07, 6.45) is 5.48. The van der Waals surface area contributed by atoms with Crippen LogP contribution < -0.4 is 10.6 Å². The van der Waals surface area contributed by atoms with Crippen LogP contribution in [0.15, 0.2) is 41.1 Å². The lowest BCUT2D eigenvalue weighted by atomic mass is 9.97. The number of nitrogens with zero attached hydrogens (tertiary/aromatic N) is 2. The van der Waals surface area contributed by atoms with Crippen molar-refractivity contribution in [1.82, 2.24) is 15.2 Å². The molecule has 0 unspecified atom stereocenters. The molecule has 1 amide bonds. The van der Waals surface area contributed by atoms with Crippen LogP contribution in [-0.2, 0) is 11.3 Å². The number of aromatic nitrogens is 1. The Bertz CT molecular complexity index is 672. The molecule has 1 aliphatic rings. The van der Waals surface area contributed by atoms with Crippen molar-refractivity contribution in [3.8, 4) is 0 Å². The van der Waals surface area contributed by atoms with Gasteiger partial charge in [0.2, 0.25) is 5.91 Å². The zero-order valence-corrected chi connectivity index (χ0v) is 14.7. The molecule has 25 heavy (non-hydrogen) atoms. The Morgan fingerprint density at radius 1 is 1.40 bits per heavy atom. The third-order valence-electron chi connectivity index (χ3n) is 4.48. The first kappa shape index (κ1) is 17.5. The SMILES string of the molecule is Cc1ccnc(NCCNC(=O)[C@H]2CCCN(Cc3ccco3)C2)c1. The van der Waals surface area contributed by atoms with Crippen molar-refractivity contribution in [3.63, 3.8) is 0 Å². The number of nitrogens with one attached hydrogen (secondary N) is 2. The molecule has 1 aliphatic heterocycles. The van der Waals surface area contributed by atoms with Gasteiger partial charge in [-0.2, -0.15) is 0 Å². The van der Waals surface area contributed by atoms with E-state index in [0.29, 0.717) is 13.1 Å². The molecule has 0 aromatic carbocycles. The molecule has 0 saturated carbocycles. The molecule has 1 saturated heterocycles. The summed E-state index contributed by atoms with van der Waals surface area (Å²) >= 11 is 0. The van der Waals surface area contributed by atoms with E-state index in [2.05, 4.69) is 20.5 Å². The van der Waals surface area contributed by atoms with Gasteiger partial charge in [0.15, 0.2) is 0 Å². The average Bonchev–Trinajstić information content (AvgIpc) is 3.12. The summed E-state index contributed by atoms with van der Waals surface area (Å²) in [5.41, 5.74) is 1.17. The monoisotopic (exact) mass is 342 g/mol. The van der Waals surface area contributed by atoms with E-state index in [9.17, 15) is 4.79 Å². The number of hydrogen-bond acceptors (Lipinski definition) is 5. The van der Waals surface area contributed by atoms with E-state index >= 15 is 0 Å². The van der Waals surface area contributed by atoms with Gasteiger partial charge in [0.25, 0.3) is 0 Å². The number of amides is 1. The van der Waals surface area contributed by atoms with Gasteiger partial charge < -0.3 is 15.1 Å². The summed E-state index contributed by atoms with van der Waals surface area (Å²) in [7, 11) is 0. The fourth-order valence-electron chi connectivity index (χ4n) is 3.19. The van der Waals surface area contributed by atoms with E-state index in [1.807, 2.05) is 31.2 Å². The van der Waals surface area contributed by atoms with Crippen molar-refractivity contribution in [2.75, 3.05) is 31.5 Å². The van der Waals surface area contributed by atoms with E-state index in [-0.39, 0.29) is 11.8 Å². The minimum absolute atomic E-state index is 0.0563. The van der Waals surface area contributed by atoms with Crippen molar-refractivity contribution in [2.45, 2.75) is 26.3 Å². The fraction of sp³-hybridized carbons (Fsp3) is 0.474. The number of carbonyl (C=O) groups excluding carboxylic acids is 1. The smallest absolute Gasteiger partial charge is 0.224 e. The normalized spacial score (nSPS) is 18.0. The van der Waals surface area contributed by atoms with Crippen LogP contribution in [0.3, 0.4) is 0 Å². The fourth-order valence-corrected chi connectivity index (χ4v) is 3.19. The third-order valence-corrected chi connectivity index (χ3v) is 4.48. The second kappa shape index (κ2) is 8.67. The topological polar surface area (TPSA) is 70.4 Å². The Hall–Kier alpha value is -2.34. The highest BCUT2D eigenvalue weighted by Gasteiger charge is 2.25. The molecular weight excluding hydrogens is 316 g/mol. The van der Waals surface area contributed by atoms with Crippen LogP contribution in [-0.4, -0.2) is 42.0 Å². The number of pyridine rings is 1. The maximum atomic E-state index is 12.4. The predicted octanol–water partition coefficient (Wildman–Crippen LogP) is 2.42. The quantitative estimate of drug-likeness (QED) is 0.756. The molecule has 6 nitrogen and oxygen atoms in total.